The summed E-state index contributed by atoms with van der Waals surface area (Å²) in [7, 11) is -4.39. The Kier molecular flexibility index (Phi) is 44.9. The molecule has 0 aromatic rings. The average molecular weight is 866 g/mol. The first-order chi connectivity index (χ1) is 29.3. The SMILES string of the molecule is CCCCC/C=C/C/C=C/C/C=C/C/C=C/CCCCCC(=O)OC[C@H](COP(=O)(O)OCCN)OC(=O)CCCCCCCCCCCCCCCCCCCCCC. The molecule has 0 fully saturated rings. The van der Waals surface area contributed by atoms with Gasteiger partial charge in [0.1, 0.15) is 6.61 Å². The fourth-order valence-corrected chi connectivity index (χ4v) is 7.56. The van der Waals surface area contributed by atoms with Gasteiger partial charge < -0.3 is 20.1 Å². The summed E-state index contributed by atoms with van der Waals surface area (Å²) in [4.78, 5) is 35.0. The highest BCUT2D eigenvalue weighted by molar-refractivity contribution is 7.47. The van der Waals surface area contributed by atoms with Crippen LogP contribution in [0.15, 0.2) is 48.6 Å². The smallest absolute Gasteiger partial charge is 0.462 e. The van der Waals surface area contributed by atoms with Crippen LogP contribution in [0.25, 0.3) is 0 Å². The predicted octanol–water partition coefficient (Wildman–Crippen LogP) is 14.7. The minimum Gasteiger partial charge on any atom is -0.462 e. The van der Waals surface area contributed by atoms with E-state index in [2.05, 4.69) is 62.5 Å². The molecule has 350 valence electrons. The number of nitrogens with two attached hydrogens (primary N) is 1. The molecule has 3 N–H and O–H groups in total. The first-order valence-electron chi connectivity index (χ1n) is 24.6. The minimum absolute atomic E-state index is 0.0486. The molecular formula is C50H92NO8P. The maximum absolute atomic E-state index is 12.6. The zero-order valence-corrected chi connectivity index (χ0v) is 39.6. The second-order valence-corrected chi connectivity index (χ2v) is 17.8. The van der Waals surface area contributed by atoms with Crippen LogP contribution in [0.1, 0.15) is 226 Å². The Bertz CT molecular complexity index is 1120. The monoisotopic (exact) mass is 866 g/mol. The van der Waals surface area contributed by atoms with E-state index in [9.17, 15) is 19.0 Å². The van der Waals surface area contributed by atoms with Crippen LogP contribution in [0.5, 0.6) is 0 Å². The standard InChI is InChI=1S/C50H92NO8P/c1-3-5-7-9-11-13-15-17-19-21-23-25-27-29-31-33-35-37-39-41-43-50(53)59-48(47-58-60(54,55)57-45-44-51)46-56-49(52)42-40-38-36-34-32-30-28-26-24-22-20-18-16-14-12-10-8-6-4-2/h12,14,18,20,24,26,30,32,48H,3-11,13,15-17,19,21-23,25,27-29,31,33-47,51H2,1-2H3,(H,54,55)/b14-12+,20-18+,26-24+,32-30+/t48-/m1/s1. The molecule has 9 nitrogen and oxygen atoms in total. The number of esters is 2. The van der Waals surface area contributed by atoms with Gasteiger partial charge in [0.2, 0.25) is 0 Å². The molecule has 0 spiro atoms. The molecular weight excluding hydrogens is 774 g/mol. The normalized spacial score (nSPS) is 13.6. The molecule has 0 amide bonds. The van der Waals surface area contributed by atoms with E-state index >= 15 is 0 Å². The van der Waals surface area contributed by atoms with Crippen LogP contribution in [0, 0.1) is 0 Å². The molecule has 0 aliphatic heterocycles. The Hall–Kier alpha value is -2.03. The second kappa shape index (κ2) is 46.5. The first-order valence-corrected chi connectivity index (χ1v) is 26.1. The quantitative estimate of drug-likeness (QED) is 0.0265. The number of unbranched alkanes of at least 4 members (excludes halogenated alkanes) is 25. The third-order valence-electron chi connectivity index (χ3n) is 10.5. The highest BCUT2D eigenvalue weighted by atomic mass is 31.2. The highest BCUT2D eigenvalue weighted by Gasteiger charge is 2.26. The van der Waals surface area contributed by atoms with Crippen molar-refractivity contribution in [3.8, 4) is 0 Å². The zero-order chi connectivity index (χ0) is 43.9. The van der Waals surface area contributed by atoms with E-state index in [4.69, 9.17) is 24.3 Å². The molecule has 0 saturated heterocycles. The third-order valence-corrected chi connectivity index (χ3v) is 11.5. The Morgan fingerprint density at radius 1 is 0.500 bits per heavy atom. The maximum Gasteiger partial charge on any atom is 0.472 e. The van der Waals surface area contributed by atoms with Crippen molar-refractivity contribution in [2.24, 2.45) is 5.73 Å². The summed E-state index contributed by atoms with van der Waals surface area (Å²) in [5.41, 5.74) is 5.36. The van der Waals surface area contributed by atoms with Crippen LogP contribution >= 0.6 is 7.82 Å². The minimum atomic E-state index is -4.39. The number of rotatable bonds is 46. The molecule has 0 radical (unpaired) electrons. The largest absolute Gasteiger partial charge is 0.472 e. The van der Waals surface area contributed by atoms with Crippen LogP contribution in [0.4, 0.5) is 0 Å². The van der Waals surface area contributed by atoms with E-state index in [1.54, 1.807) is 0 Å². The van der Waals surface area contributed by atoms with Gasteiger partial charge in [-0.2, -0.15) is 0 Å². The number of carbonyl (C=O) groups excluding carboxylic acids is 2. The van der Waals surface area contributed by atoms with Crippen molar-refractivity contribution < 1.29 is 37.6 Å². The maximum atomic E-state index is 12.6. The molecule has 0 saturated carbocycles. The number of hydrogen-bond acceptors (Lipinski definition) is 8. The lowest BCUT2D eigenvalue weighted by molar-refractivity contribution is -0.161. The summed E-state index contributed by atoms with van der Waals surface area (Å²) >= 11 is 0. The lowest BCUT2D eigenvalue weighted by Crippen LogP contribution is -2.29. The van der Waals surface area contributed by atoms with Gasteiger partial charge in [-0.05, 0) is 57.8 Å². The number of allylic oxidation sites excluding steroid dienone is 8. The Morgan fingerprint density at radius 3 is 1.32 bits per heavy atom. The summed E-state index contributed by atoms with van der Waals surface area (Å²) in [6, 6.07) is 0. The molecule has 1 unspecified atom stereocenters. The number of carbonyl (C=O) groups is 2. The first kappa shape index (κ1) is 58.0. The lowest BCUT2D eigenvalue weighted by Gasteiger charge is -2.19. The van der Waals surface area contributed by atoms with Gasteiger partial charge >= 0.3 is 19.8 Å². The number of ether oxygens (including phenoxy) is 2. The lowest BCUT2D eigenvalue weighted by atomic mass is 10.0. The average Bonchev–Trinajstić information content (AvgIpc) is 3.24. The van der Waals surface area contributed by atoms with Crippen LogP contribution in [-0.2, 0) is 32.7 Å². The molecule has 0 heterocycles. The second-order valence-electron chi connectivity index (χ2n) is 16.3. The van der Waals surface area contributed by atoms with E-state index in [-0.39, 0.29) is 32.6 Å². The van der Waals surface area contributed by atoms with Gasteiger partial charge in [-0.25, -0.2) is 4.57 Å². The van der Waals surface area contributed by atoms with Gasteiger partial charge in [0.15, 0.2) is 6.10 Å². The molecule has 0 rings (SSSR count). The third kappa shape index (κ3) is 45.5. The van der Waals surface area contributed by atoms with Crippen molar-refractivity contribution in [2.45, 2.75) is 232 Å². The van der Waals surface area contributed by atoms with Gasteiger partial charge in [0.25, 0.3) is 0 Å². The molecule has 10 heteroatoms. The zero-order valence-electron chi connectivity index (χ0n) is 38.7. The molecule has 0 aromatic carbocycles. The summed E-state index contributed by atoms with van der Waals surface area (Å²) in [5, 5.41) is 0. The highest BCUT2D eigenvalue weighted by Crippen LogP contribution is 2.43. The Labute approximate surface area is 368 Å². The van der Waals surface area contributed by atoms with E-state index in [1.807, 2.05) is 0 Å². The topological polar surface area (TPSA) is 134 Å². The van der Waals surface area contributed by atoms with Crippen molar-refractivity contribution in [3.63, 3.8) is 0 Å². The summed E-state index contributed by atoms with van der Waals surface area (Å²) in [6.45, 7) is 3.70. The molecule has 0 aliphatic rings. The van der Waals surface area contributed by atoms with Crippen LogP contribution in [0.3, 0.4) is 0 Å². The van der Waals surface area contributed by atoms with Crippen molar-refractivity contribution >= 4 is 19.8 Å². The van der Waals surface area contributed by atoms with Gasteiger partial charge in [0, 0.05) is 19.4 Å². The molecule has 0 bridgehead atoms. The van der Waals surface area contributed by atoms with Crippen LogP contribution < -0.4 is 5.73 Å². The number of phosphoric acid groups is 1. The molecule has 60 heavy (non-hydrogen) atoms. The predicted molar refractivity (Wildman–Crippen MR) is 252 cm³/mol. The molecule has 0 aliphatic carbocycles. The Morgan fingerprint density at radius 2 is 0.867 bits per heavy atom. The molecule has 2 atom stereocenters. The fourth-order valence-electron chi connectivity index (χ4n) is 6.80. The summed E-state index contributed by atoms with van der Waals surface area (Å²) in [5.74, 6) is -0.857. The fraction of sp³-hybridized carbons (Fsp3) is 0.800. The van der Waals surface area contributed by atoms with Crippen molar-refractivity contribution in [2.75, 3.05) is 26.4 Å². The van der Waals surface area contributed by atoms with Gasteiger partial charge in [-0.3, -0.25) is 18.6 Å². The Balaban J connectivity index is 4.12. The van der Waals surface area contributed by atoms with Crippen LogP contribution in [0.2, 0.25) is 0 Å². The van der Waals surface area contributed by atoms with Crippen LogP contribution in [-0.4, -0.2) is 49.3 Å². The van der Waals surface area contributed by atoms with E-state index < -0.39 is 32.5 Å². The van der Waals surface area contributed by atoms with E-state index in [0.29, 0.717) is 12.8 Å². The number of phosphoric ester groups is 1. The van der Waals surface area contributed by atoms with E-state index in [0.717, 1.165) is 51.4 Å². The van der Waals surface area contributed by atoms with E-state index in [1.165, 1.54) is 135 Å². The summed E-state index contributed by atoms with van der Waals surface area (Å²) in [6.07, 6.45) is 54.3. The molecule has 0 aromatic heterocycles. The number of hydrogen-bond donors (Lipinski definition) is 2. The van der Waals surface area contributed by atoms with Gasteiger partial charge in [-0.15, -0.1) is 0 Å². The van der Waals surface area contributed by atoms with Gasteiger partial charge in [-0.1, -0.05) is 204 Å². The van der Waals surface area contributed by atoms with Crippen molar-refractivity contribution in [1.82, 2.24) is 0 Å². The van der Waals surface area contributed by atoms with Gasteiger partial charge in [0.05, 0.1) is 13.2 Å². The van der Waals surface area contributed by atoms with Crippen molar-refractivity contribution in [1.29, 1.82) is 0 Å². The van der Waals surface area contributed by atoms with Crippen molar-refractivity contribution in [3.05, 3.63) is 48.6 Å². The summed E-state index contributed by atoms with van der Waals surface area (Å²) < 4.78 is 32.9.